The van der Waals surface area contributed by atoms with E-state index >= 15 is 0 Å². The number of benzene rings is 1. The zero-order chi connectivity index (χ0) is 12.3. The first kappa shape index (κ1) is 12.7. The Morgan fingerprint density at radius 1 is 1.47 bits per heavy atom. The average molecular weight is 254 g/mol. The van der Waals surface area contributed by atoms with Crippen LogP contribution < -0.4 is 10.1 Å². The number of rotatable bonds is 3. The minimum atomic E-state index is 0.575. The molecule has 0 aromatic heterocycles. The van der Waals surface area contributed by atoms with Crippen molar-refractivity contribution in [2.24, 2.45) is 0 Å². The van der Waals surface area contributed by atoms with Crippen molar-refractivity contribution in [3.05, 3.63) is 28.3 Å². The first-order valence-electron chi connectivity index (χ1n) is 6.33. The van der Waals surface area contributed by atoms with E-state index < -0.39 is 0 Å². The highest BCUT2D eigenvalue weighted by Gasteiger charge is 2.20. The molecule has 0 radical (unpaired) electrons. The van der Waals surface area contributed by atoms with Crippen LogP contribution in [0.2, 0.25) is 5.02 Å². The van der Waals surface area contributed by atoms with E-state index in [1.165, 1.54) is 24.0 Å². The van der Waals surface area contributed by atoms with Gasteiger partial charge in [0.1, 0.15) is 5.75 Å². The number of halogens is 1. The summed E-state index contributed by atoms with van der Waals surface area (Å²) in [5, 5.41) is 4.24. The third-order valence-electron chi connectivity index (χ3n) is 3.52. The van der Waals surface area contributed by atoms with E-state index in [-0.39, 0.29) is 0 Å². The molecule has 1 unspecified atom stereocenters. The highest BCUT2D eigenvalue weighted by Crippen LogP contribution is 2.34. The van der Waals surface area contributed by atoms with E-state index in [1.807, 2.05) is 6.07 Å². The molecule has 0 aliphatic carbocycles. The third-order valence-corrected chi connectivity index (χ3v) is 3.74. The van der Waals surface area contributed by atoms with Crippen molar-refractivity contribution < 1.29 is 4.74 Å². The van der Waals surface area contributed by atoms with Gasteiger partial charge in [-0.3, -0.25) is 0 Å². The van der Waals surface area contributed by atoms with Crippen LogP contribution in [0.3, 0.4) is 0 Å². The number of piperidine rings is 1. The van der Waals surface area contributed by atoms with Crippen LogP contribution in [0, 0.1) is 0 Å². The van der Waals surface area contributed by atoms with Crippen LogP contribution in [0.25, 0.3) is 0 Å². The second-order valence-electron chi connectivity index (χ2n) is 4.57. The molecule has 1 saturated heterocycles. The van der Waals surface area contributed by atoms with Gasteiger partial charge in [-0.1, -0.05) is 18.5 Å². The van der Waals surface area contributed by atoms with Gasteiger partial charge in [0.2, 0.25) is 0 Å². The first-order valence-corrected chi connectivity index (χ1v) is 6.71. The Hall–Kier alpha value is -0.730. The number of ether oxygens (including phenoxy) is 1. The van der Waals surface area contributed by atoms with Gasteiger partial charge in [-0.15, -0.1) is 0 Å². The largest absolute Gasteiger partial charge is 0.496 e. The summed E-state index contributed by atoms with van der Waals surface area (Å²) in [6.07, 6.45) is 3.47. The normalized spacial score (nSPS) is 20.3. The van der Waals surface area contributed by atoms with Gasteiger partial charge in [0, 0.05) is 11.6 Å². The lowest BCUT2D eigenvalue weighted by molar-refractivity contribution is 0.405. The van der Waals surface area contributed by atoms with Crippen molar-refractivity contribution in [2.75, 3.05) is 20.2 Å². The van der Waals surface area contributed by atoms with E-state index in [2.05, 4.69) is 18.3 Å². The summed E-state index contributed by atoms with van der Waals surface area (Å²) in [5.41, 5.74) is 2.68. The fourth-order valence-corrected chi connectivity index (χ4v) is 2.89. The number of methoxy groups -OCH3 is 1. The first-order chi connectivity index (χ1) is 8.26. The monoisotopic (exact) mass is 253 g/mol. The molecule has 1 N–H and O–H groups in total. The van der Waals surface area contributed by atoms with Crippen LogP contribution in [0.5, 0.6) is 5.75 Å². The summed E-state index contributed by atoms with van der Waals surface area (Å²) in [5.74, 6) is 1.51. The molecule has 0 saturated carbocycles. The van der Waals surface area contributed by atoms with Crippen molar-refractivity contribution in [2.45, 2.75) is 32.1 Å². The van der Waals surface area contributed by atoms with E-state index in [0.717, 1.165) is 30.3 Å². The summed E-state index contributed by atoms with van der Waals surface area (Å²) in [6.45, 7) is 4.36. The van der Waals surface area contributed by atoms with Crippen molar-refractivity contribution in [3.63, 3.8) is 0 Å². The van der Waals surface area contributed by atoms with Crippen LogP contribution in [0.4, 0.5) is 0 Å². The maximum Gasteiger partial charge on any atom is 0.123 e. The minimum absolute atomic E-state index is 0.575. The Morgan fingerprint density at radius 3 is 2.88 bits per heavy atom. The minimum Gasteiger partial charge on any atom is -0.496 e. The lowest BCUT2D eigenvalue weighted by atomic mass is 9.87. The van der Waals surface area contributed by atoms with Crippen molar-refractivity contribution in [1.29, 1.82) is 0 Å². The van der Waals surface area contributed by atoms with Gasteiger partial charge in [-0.25, -0.2) is 0 Å². The van der Waals surface area contributed by atoms with Gasteiger partial charge in [-0.2, -0.15) is 0 Å². The van der Waals surface area contributed by atoms with Gasteiger partial charge >= 0.3 is 0 Å². The zero-order valence-corrected chi connectivity index (χ0v) is 11.3. The average Bonchev–Trinajstić information content (AvgIpc) is 2.38. The Morgan fingerprint density at radius 2 is 2.29 bits per heavy atom. The summed E-state index contributed by atoms with van der Waals surface area (Å²) in [4.78, 5) is 0. The molecule has 2 rings (SSSR count). The second kappa shape index (κ2) is 5.74. The molecule has 1 aliphatic heterocycles. The summed E-state index contributed by atoms with van der Waals surface area (Å²) >= 11 is 6.18. The molecule has 1 aromatic rings. The van der Waals surface area contributed by atoms with Crippen LogP contribution in [0.15, 0.2) is 12.1 Å². The fourth-order valence-electron chi connectivity index (χ4n) is 2.67. The van der Waals surface area contributed by atoms with Gasteiger partial charge in [0.05, 0.1) is 7.11 Å². The molecule has 1 fully saturated rings. The Bertz CT molecular complexity index is 386. The van der Waals surface area contributed by atoms with Crippen molar-refractivity contribution in [3.8, 4) is 5.75 Å². The fraction of sp³-hybridized carbons (Fsp3) is 0.571. The van der Waals surface area contributed by atoms with Crippen LogP contribution in [-0.2, 0) is 6.42 Å². The molecule has 3 heteroatoms. The molecule has 0 spiro atoms. The van der Waals surface area contributed by atoms with Crippen molar-refractivity contribution in [1.82, 2.24) is 5.32 Å². The van der Waals surface area contributed by atoms with E-state index in [1.54, 1.807) is 7.11 Å². The molecule has 1 aliphatic rings. The molecule has 1 aromatic carbocycles. The van der Waals surface area contributed by atoms with Crippen LogP contribution >= 0.6 is 11.6 Å². The number of hydrogen-bond donors (Lipinski definition) is 1. The maximum absolute atomic E-state index is 6.18. The Kier molecular flexibility index (Phi) is 4.30. The van der Waals surface area contributed by atoms with Gasteiger partial charge < -0.3 is 10.1 Å². The molecule has 0 bridgehead atoms. The Labute approximate surface area is 108 Å². The van der Waals surface area contributed by atoms with Crippen molar-refractivity contribution >= 4 is 11.6 Å². The molecule has 94 valence electrons. The maximum atomic E-state index is 6.18. The quantitative estimate of drug-likeness (QED) is 0.892. The SMILES string of the molecule is CCc1c(OC)cc(Cl)cc1C1CCCNC1. The highest BCUT2D eigenvalue weighted by atomic mass is 35.5. The topological polar surface area (TPSA) is 21.3 Å². The lowest BCUT2D eigenvalue weighted by Gasteiger charge is -2.26. The molecule has 17 heavy (non-hydrogen) atoms. The summed E-state index contributed by atoms with van der Waals surface area (Å²) < 4.78 is 5.44. The summed E-state index contributed by atoms with van der Waals surface area (Å²) in [7, 11) is 1.72. The van der Waals surface area contributed by atoms with Gasteiger partial charge in [-0.05, 0) is 55.0 Å². The van der Waals surface area contributed by atoms with E-state index in [0.29, 0.717) is 5.92 Å². The van der Waals surface area contributed by atoms with Crippen LogP contribution in [-0.4, -0.2) is 20.2 Å². The zero-order valence-electron chi connectivity index (χ0n) is 10.6. The molecule has 0 amide bonds. The second-order valence-corrected chi connectivity index (χ2v) is 5.01. The smallest absolute Gasteiger partial charge is 0.123 e. The third kappa shape index (κ3) is 2.75. The van der Waals surface area contributed by atoms with Crippen LogP contribution in [0.1, 0.15) is 36.8 Å². The molecular weight excluding hydrogens is 234 g/mol. The summed E-state index contributed by atoms with van der Waals surface area (Å²) in [6, 6.07) is 4.03. The highest BCUT2D eigenvalue weighted by molar-refractivity contribution is 6.30. The van der Waals surface area contributed by atoms with Gasteiger partial charge in [0.25, 0.3) is 0 Å². The van der Waals surface area contributed by atoms with Gasteiger partial charge in [0.15, 0.2) is 0 Å². The number of nitrogens with one attached hydrogen (secondary N) is 1. The molecular formula is C14H20ClNO. The molecule has 2 nitrogen and oxygen atoms in total. The molecule has 1 atom stereocenters. The number of hydrogen-bond acceptors (Lipinski definition) is 2. The predicted molar refractivity (Wildman–Crippen MR) is 72.2 cm³/mol. The van der Waals surface area contributed by atoms with E-state index in [4.69, 9.17) is 16.3 Å². The predicted octanol–water partition coefficient (Wildman–Crippen LogP) is 3.38. The molecule has 1 heterocycles. The Balaban J connectivity index is 2.39. The standard InChI is InChI=1S/C14H20ClNO/c1-3-12-13(10-5-4-6-16-9-10)7-11(15)8-14(12)17-2/h7-8,10,16H,3-6,9H2,1-2H3. The lowest BCUT2D eigenvalue weighted by Crippen LogP contribution is -2.29. The van der Waals surface area contributed by atoms with E-state index in [9.17, 15) is 0 Å².